The molecule has 1 saturated heterocycles. The summed E-state index contributed by atoms with van der Waals surface area (Å²) < 4.78 is 5.38. The van der Waals surface area contributed by atoms with Gasteiger partial charge in [0.15, 0.2) is 0 Å². The third kappa shape index (κ3) is 2.41. The molecule has 3 heteroatoms. The van der Waals surface area contributed by atoms with Crippen LogP contribution in [0.15, 0.2) is 30.3 Å². The number of carbonyl (C=O) groups excluding carboxylic acids is 1. The molecule has 1 N–H and O–H groups in total. The van der Waals surface area contributed by atoms with Crippen LogP contribution in [0.2, 0.25) is 0 Å². The standard InChI is InChI=1S/C15H19NO2/c17-15(18-10-11-5-2-1-3-6-11)14-9-12-7-4-8-13(12)16-14/h1-3,5-6,12-14,16H,4,7-10H2/t12?,13-,14?/m0/s1. The summed E-state index contributed by atoms with van der Waals surface area (Å²) in [5.74, 6) is 0.604. The fraction of sp³-hybridized carbons (Fsp3) is 0.533. The normalized spacial score (nSPS) is 30.1. The van der Waals surface area contributed by atoms with Gasteiger partial charge in [-0.25, -0.2) is 0 Å². The summed E-state index contributed by atoms with van der Waals surface area (Å²) >= 11 is 0. The van der Waals surface area contributed by atoms with Crippen molar-refractivity contribution in [1.82, 2.24) is 5.32 Å². The van der Waals surface area contributed by atoms with E-state index in [1.807, 2.05) is 30.3 Å². The van der Waals surface area contributed by atoms with Gasteiger partial charge in [-0.2, -0.15) is 0 Å². The molecule has 0 bridgehead atoms. The molecule has 2 fully saturated rings. The summed E-state index contributed by atoms with van der Waals surface area (Å²) in [5, 5.41) is 3.41. The highest BCUT2D eigenvalue weighted by atomic mass is 16.5. The number of ether oxygens (including phenoxy) is 1. The number of esters is 1. The van der Waals surface area contributed by atoms with Crippen molar-refractivity contribution in [3.8, 4) is 0 Å². The molecule has 3 atom stereocenters. The van der Waals surface area contributed by atoms with Crippen molar-refractivity contribution in [3.63, 3.8) is 0 Å². The minimum Gasteiger partial charge on any atom is -0.460 e. The average molecular weight is 245 g/mol. The molecule has 0 spiro atoms. The van der Waals surface area contributed by atoms with Gasteiger partial charge in [-0.15, -0.1) is 0 Å². The highest BCUT2D eigenvalue weighted by Crippen LogP contribution is 2.34. The SMILES string of the molecule is O=C(OCc1ccccc1)C1CC2CCC[C@@H]2N1. The van der Waals surface area contributed by atoms with Crippen molar-refractivity contribution < 1.29 is 9.53 Å². The van der Waals surface area contributed by atoms with Crippen LogP contribution in [0.3, 0.4) is 0 Å². The van der Waals surface area contributed by atoms with E-state index in [0.29, 0.717) is 18.6 Å². The lowest BCUT2D eigenvalue weighted by atomic mass is 10.0. The topological polar surface area (TPSA) is 38.3 Å². The highest BCUT2D eigenvalue weighted by molar-refractivity contribution is 5.76. The molecule has 0 radical (unpaired) electrons. The molecule has 0 aromatic heterocycles. The Labute approximate surface area is 108 Å². The molecule has 3 rings (SSSR count). The van der Waals surface area contributed by atoms with Crippen molar-refractivity contribution in [2.24, 2.45) is 5.92 Å². The Hall–Kier alpha value is -1.35. The van der Waals surface area contributed by atoms with E-state index in [1.54, 1.807) is 0 Å². The lowest BCUT2D eigenvalue weighted by molar-refractivity contribution is -0.147. The van der Waals surface area contributed by atoms with Gasteiger partial charge in [0.2, 0.25) is 0 Å². The quantitative estimate of drug-likeness (QED) is 0.830. The van der Waals surface area contributed by atoms with Crippen LogP contribution >= 0.6 is 0 Å². The first-order chi connectivity index (χ1) is 8.83. The van der Waals surface area contributed by atoms with E-state index in [4.69, 9.17) is 4.74 Å². The summed E-state index contributed by atoms with van der Waals surface area (Å²) in [6.07, 6.45) is 4.74. The van der Waals surface area contributed by atoms with E-state index in [2.05, 4.69) is 5.32 Å². The van der Waals surface area contributed by atoms with E-state index in [-0.39, 0.29) is 12.0 Å². The molecule has 18 heavy (non-hydrogen) atoms. The number of hydrogen-bond donors (Lipinski definition) is 1. The van der Waals surface area contributed by atoms with E-state index in [9.17, 15) is 4.79 Å². The Kier molecular flexibility index (Phi) is 3.33. The molecule has 3 nitrogen and oxygen atoms in total. The minimum absolute atomic E-state index is 0.0796. The third-order valence-electron chi connectivity index (χ3n) is 4.12. The zero-order valence-electron chi connectivity index (χ0n) is 10.5. The average Bonchev–Trinajstić information content (AvgIpc) is 2.98. The number of carbonyl (C=O) groups is 1. The highest BCUT2D eigenvalue weighted by Gasteiger charge is 2.40. The minimum atomic E-state index is -0.0896. The second kappa shape index (κ2) is 5.11. The van der Waals surface area contributed by atoms with E-state index < -0.39 is 0 Å². The van der Waals surface area contributed by atoms with Gasteiger partial charge in [0, 0.05) is 6.04 Å². The first-order valence-electron chi connectivity index (χ1n) is 6.79. The summed E-state index contributed by atoms with van der Waals surface area (Å²) in [6, 6.07) is 10.3. The van der Waals surface area contributed by atoms with Crippen molar-refractivity contribution >= 4 is 5.97 Å². The van der Waals surface area contributed by atoms with Crippen LogP contribution in [-0.4, -0.2) is 18.1 Å². The first-order valence-corrected chi connectivity index (χ1v) is 6.79. The van der Waals surface area contributed by atoms with E-state index in [1.165, 1.54) is 19.3 Å². The van der Waals surface area contributed by atoms with Crippen LogP contribution < -0.4 is 5.32 Å². The van der Waals surface area contributed by atoms with Crippen LogP contribution in [-0.2, 0) is 16.1 Å². The van der Waals surface area contributed by atoms with Crippen molar-refractivity contribution in [3.05, 3.63) is 35.9 Å². The van der Waals surface area contributed by atoms with Gasteiger partial charge in [0.25, 0.3) is 0 Å². The van der Waals surface area contributed by atoms with Crippen molar-refractivity contribution in [1.29, 1.82) is 0 Å². The van der Waals surface area contributed by atoms with Gasteiger partial charge in [-0.3, -0.25) is 4.79 Å². The molecule has 2 aliphatic rings. The molecule has 2 unspecified atom stereocenters. The third-order valence-corrected chi connectivity index (χ3v) is 4.12. The molecule has 1 aliphatic carbocycles. The van der Waals surface area contributed by atoms with Crippen LogP contribution in [0.4, 0.5) is 0 Å². The molecule has 1 aromatic carbocycles. The van der Waals surface area contributed by atoms with Gasteiger partial charge in [0.1, 0.15) is 12.6 Å². The van der Waals surface area contributed by atoms with Crippen molar-refractivity contribution in [2.45, 2.75) is 44.4 Å². The summed E-state index contributed by atoms with van der Waals surface area (Å²) in [7, 11) is 0. The largest absolute Gasteiger partial charge is 0.460 e. The Balaban J connectivity index is 1.50. The molecule has 1 aromatic rings. The van der Waals surface area contributed by atoms with Gasteiger partial charge in [-0.1, -0.05) is 36.8 Å². The number of nitrogens with one attached hydrogen (secondary N) is 1. The van der Waals surface area contributed by atoms with E-state index in [0.717, 1.165) is 12.0 Å². The van der Waals surface area contributed by atoms with Gasteiger partial charge in [-0.05, 0) is 30.7 Å². The Morgan fingerprint density at radius 2 is 2.11 bits per heavy atom. The molecule has 1 aliphatic heterocycles. The first kappa shape index (κ1) is 11.7. The molecule has 96 valence electrons. The fourth-order valence-electron chi connectivity index (χ4n) is 3.16. The number of fused-ring (bicyclic) bond motifs is 1. The summed E-state index contributed by atoms with van der Waals surface area (Å²) in [5.41, 5.74) is 1.05. The zero-order valence-corrected chi connectivity index (χ0v) is 10.5. The molecule has 0 amide bonds. The Morgan fingerprint density at radius 3 is 2.89 bits per heavy atom. The van der Waals surface area contributed by atoms with Crippen LogP contribution in [0.1, 0.15) is 31.2 Å². The zero-order chi connectivity index (χ0) is 12.4. The maximum absolute atomic E-state index is 12.0. The predicted molar refractivity (Wildman–Crippen MR) is 68.9 cm³/mol. The lowest BCUT2D eigenvalue weighted by Gasteiger charge is -2.12. The fourth-order valence-corrected chi connectivity index (χ4v) is 3.16. The number of benzene rings is 1. The maximum Gasteiger partial charge on any atom is 0.323 e. The van der Waals surface area contributed by atoms with Crippen LogP contribution in [0.25, 0.3) is 0 Å². The molecule has 1 heterocycles. The Morgan fingerprint density at radius 1 is 1.28 bits per heavy atom. The molecular formula is C15H19NO2. The second-order valence-corrected chi connectivity index (χ2v) is 5.35. The summed E-state index contributed by atoms with van der Waals surface area (Å²) in [6.45, 7) is 0.382. The maximum atomic E-state index is 12.0. The van der Waals surface area contributed by atoms with E-state index >= 15 is 0 Å². The van der Waals surface area contributed by atoms with Crippen LogP contribution in [0.5, 0.6) is 0 Å². The predicted octanol–water partition coefficient (Wildman–Crippen LogP) is 2.26. The van der Waals surface area contributed by atoms with Gasteiger partial charge >= 0.3 is 5.97 Å². The number of rotatable bonds is 3. The molecule has 1 saturated carbocycles. The molecular weight excluding hydrogens is 226 g/mol. The van der Waals surface area contributed by atoms with Crippen molar-refractivity contribution in [2.75, 3.05) is 0 Å². The number of hydrogen-bond acceptors (Lipinski definition) is 3. The lowest BCUT2D eigenvalue weighted by Crippen LogP contribution is -2.36. The smallest absolute Gasteiger partial charge is 0.323 e. The van der Waals surface area contributed by atoms with Gasteiger partial charge in [0.05, 0.1) is 0 Å². The Bertz CT molecular complexity index is 406. The van der Waals surface area contributed by atoms with Crippen LogP contribution in [0, 0.1) is 5.92 Å². The van der Waals surface area contributed by atoms with Gasteiger partial charge < -0.3 is 10.1 Å². The second-order valence-electron chi connectivity index (χ2n) is 5.35. The summed E-state index contributed by atoms with van der Waals surface area (Å²) in [4.78, 5) is 12.0. The monoisotopic (exact) mass is 245 g/mol.